The van der Waals surface area contributed by atoms with Gasteiger partial charge in [0.1, 0.15) is 0 Å². The summed E-state index contributed by atoms with van der Waals surface area (Å²) in [6.45, 7) is 8.43. The summed E-state index contributed by atoms with van der Waals surface area (Å²) in [5.41, 5.74) is 0. The molecule has 0 aliphatic heterocycles. The molecule has 0 aliphatic carbocycles. The molecule has 13 heavy (non-hydrogen) atoms. The Balaban J connectivity index is 4.07. The van der Waals surface area contributed by atoms with Crippen molar-refractivity contribution in [1.82, 2.24) is 5.32 Å². The zero-order chi connectivity index (χ0) is 10.4. The molecule has 0 radical (unpaired) electrons. The van der Waals surface area contributed by atoms with E-state index in [9.17, 15) is 4.21 Å². The van der Waals surface area contributed by atoms with Crippen molar-refractivity contribution < 1.29 is 4.21 Å². The summed E-state index contributed by atoms with van der Waals surface area (Å²) in [6.07, 6.45) is 1.04. The Labute approximate surface area is 84.9 Å². The largest absolute Gasteiger partial charge is 0.316 e. The van der Waals surface area contributed by atoms with Crippen LogP contribution in [0.2, 0.25) is 0 Å². The van der Waals surface area contributed by atoms with Crippen molar-refractivity contribution in [3.63, 3.8) is 0 Å². The van der Waals surface area contributed by atoms with Crippen molar-refractivity contribution in [3.8, 4) is 0 Å². The molecule has 0 aromatic carbocycles. The second-order valence-electron chi connectivity index (χ2n) is 3.95. The molecule has 3 unspecified atom stereocenters. The third-order valence-electron chi connectivity index (χ3n) is 2.29. The second-order valence-corrected chi connectivity index (χ2v) is 5.79. The maximum atomic E-state index is 11.8. The first kappa shape index (κ1) is 13.1. The van der Waals surface area contributed by atoms with Gasteiger partial charge in [0.15, 0.2) is 0 Å². The summed E-state index contributed by atoms with van der Waals surface area (Å²) in [7, 11) is 1.25. The van der Waals surface area contributed by atoms with Gasteiger partial charge in [0, 0.05) is 27.8 Å². The number of hydrogen-bond acceptors (Lipinski definition) is 2. The second kappa shape index (κ2) is 6.55. The molecule has 0 aromatic heterocycles. The van der Waals surface area contributed by atoms with Gasteiger partial charge in [0.05, 0.1) is 0 Å². The van der Waals surface area contributed by atoms with E-state index in [4.69, 9.17) is 0 Å². The first-order valence-corrected chi connectivity index (χ1v) is 6.45. The van der Waals surface area contributed by atoms with Crippen LogP contribution in [0.25, 0.3) is 0 Å². The van der Waals surface area contributed by atoms with E-state index < -0.39 is 10.8 Å². The highest BCUT2D eigenvalue weighted by Crippen LogP contribution is 2.08. The van der Waals surface area contributed by atoms with Gasteiger partial charge < -0.3 is 5.32 Å². The van der Waals surface area contributed by atoms with E-state index in [1.807, 2.05) is 7.05 Å². The van der Waals surface area contributed by atoms with Gasteiger partial charge >= 0.3 is 0 Å². The molecular formula is C10H23NOS. The monoisotopic (exact) mass is 205 g/mol. The molecule has 0 saturated carbocycles. The van der Waals surface area contributed by atoms with Crippen LogP contribution in [0.1, 0.15) is 34.1 Å². The average Bonchev–Trinajstić information content (AvgIpc) is 2.05. The van der Waals surface area contributed by atoms with Crippen LogP contribution in [-0.2, 0) is 10.8 Å². The van der Waals surface area contributed by atoms with Gasteiger partial charge in [-0.25, -0.2) is 0 Å². The maximum absolute atomic E-state index is 11.8. The molecule has 3 atom stereocenters. The highest BCUT2D eigenvalue weighted by atomic mass is 32.2. The number of nitrogens with one attached hydrogen (secondary N) is 1. The Morgan fingerprint density at radius 3 is 2.15 bits per heavy atom. The predicted molar refractivity (Wildman–Crippen MR) is 60.4 cm³/mol. The lowest BCUT2D eigenvalue weighted by molar-refractivity contribution is 0.527. The molecule has 0 bridgehead atoms. The van der Waals surface area contributed by atoms with Crippen molar-refractivity contribution in [3.05, 3.63) is 0 Å². The Bertz CT molecular complexity index is 155. The molecule has 0 fully saturated rings. The minimum atomic E-state index is -0.687. The van der Waals surface area contributed by atoms with Crippen LogP contribution in [0.15, 0.2) is 0 Å². The molecule has 80 valence electrons. The summed E-state index contributed by atoms with van der Waals surface area (Å²) in [5.74, 6) is 1.34. The van der Waals surface area contributed by atoms with E-state index in [-0.39, 0.29) is 5.25 Å². The third kappa shape index (κ3) is 4.77. The Hall–Kier alpha value is 0.110. The van der Waals surface area contributed by atoms with Gasteiger partial charge in [-0.1, -0.05) is 20.8 Å². The Morgan fingerprint density at radius 1 is 1.31 bits per heavy atom. The van der Waals surface area contributed by atoms with Gasteiger partial charge in [-0.2, -0.15) is 0 Å². The summed E-state index contributed by atoms with van der Waals surface area (Å²) in [6, 6.07) is 0.389. The Kier molecular flexibility index (Phi) is 6.60. The van der Waals surface area contributed by atoms with E-state index >= 15 is 0 Å². The highest BCUT2D eigenvalue weighted by Gasteiger charge is 2.19. The molecular weight excluding hydrogens is 182 g/mol. The zero-order valence-electron chi connectivity index (χ0n) is 9.46. The topological polar surface area (TPSA) is 29.1 Å². The van der Waals surface area contributed by atoms with Crippen molar-refractivity contribution in [2.75, 3.05) is 12.8 Å². The lowest BCUT2D eigenvalue weighted by atomic mass is 10.2. The molecule has 1 N–H and O–H groups in total. The van der Waals surface area contributed by atoms with Gasteiger partial charge in [0.25, 0.3) is 0 Å². The average molecular weight is 205 g/mol. The lowest BCUT2D eigenvalue weighted by Gasteiger charge is -2.22. The molecule has 0 amide bonds. The van der Waals surface area contributed by atoms with Crippen LogP contribution in [0.5, 0.6) is 0 Å². The van der Waals surface area contributed by atoms with E-state index in [0.29, 0.717) is 12.0 Å². The van der Waals surface area contributed by atoms with Gasteiger partial charge in [-0.3, -0.25) is 4.21 Å². The quantitative estimate of drug-likeness (QED) is 0.716. The standard InChI is InChI=1S/C10H23NOS/c1-6-10(11-5)9(4)13(12)7-8(2)3/h8-11H,6-7H2,1-5H3. The van der Waals surface area contributed by atoms with Crippen LogP contribution in [0.4, 0.5) is 0 Å². The summed E-state index contributed by atoms with van der Waals surface area (Å²) >= 11 is 0. The first-order valence-electron chi connectivity index (χ1n) is 5.07. The first-order chi connectivity index (χ1) is 6.02. The van der Waals surface area contributed by atoms with E-state index in [0.717, 1.165) is 12.2 Å². The van der Waals surface area contributed by atoms with Gasteiger partial charge in [-0.15, -0.1) is 0 Å². The molecule has 0 spiro atoms. The predicted octanol–water partition coefficient (Wildman–Crippen LogP) is 1.78. The zero-order valence-corrected chi connectivity index (χ0v) is 10.3. The third-order valence-corrected chi connectivity index (χ3v) is 4.44. The van der Waals surface area contributed by atoms with Gasteiger partial charge in [0.2, 0.25) is 0 Å². The Morgan fingerprint density at radius 2 is 1.85 bits per heavy atom. The normalized spacial score (nSPS) is 18.6. The molecule has 3 heteroatoms. The smallest absolute Gasteiger partial charge is 0.0472 e. The minimum absolute atomic E-state index is 0.261. The van der Waals surface area contributed by atoms with Crippen LogP contribution in [-0.4, -0.2) is 28.3 Å². The SMILES string of the molecule is CCC(NC)C(C)S(=O)CC(C)C. The van der Waals surface area contributed by atoms with Crippen molar-refractivity contribution >= 4 is 10.8 Å². The van der Waals surface area contributed by atoms with Crippen LogP contribution in [0.3, 0.4) is 0 Å². The number of rotatable bonds is 6. The maximum Gasteiger partial charge on any atom is 0.0472 e. The summed E-state index contributed by atoms with van der Waals surface area (Å²) in [5, 5.41) is 3.47. The fourth-order valence-electron chi connectivity index (χ4n) is 1.43. The van der Waals surface area contributed by atoms with E-state index in [1.165, 1.54) is 0 Å². The van der Waals surface area contributed by atoms with Crippen molar-refractivity contribution in [1.29, 1.82) is 0 Å². The van der Waals surface area contributed by atoms with E-state index in [1.54, 1.807) is 0 Å². The fraction of sp³-hybridized carbons (Fsp3) is 1.00. The van der Waals surface area contributed by atoms with Crippen LogP contribution in [0, 0.1) is 5.92 Å². The summed E-state index contributed by atoms with van der Waals surface area (Å²) in [4.78, 5) is 0. The minimum Gasteiger partial charge on any atom is -0.316 e. The van der Waals surface area contributed by atoms with Gasteiger partial charge in [-0.05, 0) is 26.3 Å². The number of hydrogen-bond donors (Lipinski definition) is 1. The van der Waals surface area contributed by atoms with Crippen molar-refractivity contribution in [2.45, 2.75) is 45.4 Å². The van der Waals surface area contributed by atoms with Crippen LogP contribution >= 0.6 is 0 Å². The molecule has 2 nitrogen and oxygen atoms in total. The molecule has 0 rings (SSSR count). The molecule has 0 aromatic rings. The summed E-state index contributed by atoms with van der Waals surface area (Å²) < 4.78 is 11.8. The van der Waals surface area contributed by atoms with Crippen LogP contribution < -0.4 is 5.32 Å². The molecule has 0 aliphatic rings. The molecule has 0 saturated heterocycles. The fourth-order valence-corrected chi connectivity index (χ4v) is 3.09. The highest BCUT2D eigenvalue weighted by molar-refractivity contribution is 7.85. The lowest BCUT2D eigenvalue weighted by Crippen LogP contribution is -2.39. The molecule has 0 heterocycles. The van der Waals surface area contributed by atoms with E-state index in [2.05, 4.69) is 33.0 Å². The van der Waals surface area contributed by atoms with Crippen molar-refractivity contribution in [2.24, 2.45) is 5.92 Å².